The van der Waals surface area contributed by atoms with Crippen LogP contribution in [0.5, 0.6) is 0 Å². The Labute approximate surface area is 92.7 Å². The van der Waals surface area contributed by atoms with E-state index in [1.807, 2.05) is 12.1 Å². The van der Waals surface area contributed by atoms with Crippen molar-refractivity contribution in [1.29, 1.82) is 0 Å². The number of aromatic nitrogens is 1. The average Bonchev–Trinajstić information content (AvgIpc) is 2.24. The summed E-state index contributed by atoms with van der Waals surface area (Å²) in [4.78, 5) is 4.10. The summed E-state index contributed by atoms with van der Waals surface area (Å²) in [6, 6.07) is 3.70. The smallest absolute Gasteiger partial charge is 0.373 e. The fraction of sp³-hybridized carbons (Fsp3) is 0.375. The maximum Gasteiger partial charge on any atom is 0.537 e. The van der Waals surface area contributed by atoms with Crippen LogP contribution in [0.1, 0.15) is 0 Å². The van der Waals surface area contributed by atoms with E-state index >= 15 is 0 Å². The predicted molar refractivity (Wildman–Crippen MR) is 58.4 cm³/mol. The number of rotatable bonds is 4. The molecule has 4 nitrogen and oxygen atoms in total. The molecule has 14 heavy (non-hydrogen) atoms. The van der Waals surface area contributed by atoms with Crippen LogP contribution >= 0.6 is 15.9 Å². The number of halogens is 1. The topological polar surface area (TPSA) is 40.6 Å². The molecule has 0 saturated heterocycles. The van der Waals surface area contributed by atoms with E-state index in [1.165, 1.54) is 0 Å². The van der Waals surface area contributed by atoms with Crippen LogP contribution in [0, 0.1) is 0 Å². The molecule has 1 rings (SSSR count). The lowest BCUT2D eigenvalue weighted by atomic mass is 10.5. The van der Waals surface area contributed by atoms with Crippen molar-refractivity contribution in [2.24, 2.45) is 0 Å². The normalized spacial score (nSPS) is 11.7. The molecule has 0 aromatic carbocycles. The zero-order valence-electron chi connectivity index (χ0n) is 8.28. The van der Waals surface area contributed by atoms with Gasteiger partial charge in [-0.3, -0.25) is 0 Å². The van der Waals surface area contributed by atoms with E-state index in [9.17, 15) is 0 Å². The predicted octanol–water partition coefficient (Wildman–Crippen LogP) is 0.929. The first kappa shape index (κ1) is 11.8. The van der Waals surface area contributed by atoms with Crippen molar-refractivity contribution in [3.8, 4) is 0 Å². The fourth-order valence-corrected chi connectivity index (χ4v) is 3.11. The Kier molecular flexibility index (Phi) is 4.21. The summed E-state index contributed by atoms with van der Waals surface area (Å²) >= 11 is 3.26. The van der Waals surface area contributed by atoms with Gasteiger partial charge in [0.1, 0.15) is 4.60 Å². The van der Waals surface area contributed by atoms with Crippen molar-refractivity contribution in [3.63, 3.8) is 0 Å². The van der Waals surface area contributed by atoms with Gasteiger partial charge in [-0.05, 0) is 22.0 Å². The number of hydrogen-bond donors (Lipinski definition) is 0. The molecule has 0 atom stereocenters. The Balaban J connectivity index is 3.05. The van der Waals surface area contributed by atoms with Gasteiger partial charge in [0.25, 0.3) is 0 Å². The molecule has 1 aromatic heterocycles. The summed E-state index contributed by atoms with van der Waals surface area (Å²) in [6.45, 7) is 0. The van der Waals surface area contributed by atoms with Crippen LogP contribution in [0.3, 0.4) is 0 Å². The molecule has 78 valence electrons. The molecule has 0 aliphatic rings. The highest BCUT2D eigenvalue weighted by molar-refractivity contribution is 9.10. The Hall–Kier alpha value is -0.273. The minimum Gasteiger partial charge on any atom is -0.373 e. The van der Waals surface area contributed by atoms with Crippen LogP contribution in [-0.2, 0) is 13.3 Å². The van der Waals surface area contributed by atoms with Gasteiger partial charge in [0.05, 0.1) is 0 Å². The molecule has 0 aliphatic carbocycles. The van der Waals surface area contributed by atoms with Gasteiger partial charge in [-0.1, -0.05) is 6.07 Å². The first-order chi connectivity index (χ1) is 6.68. The summed E-state index contributed by atoms with van der Waals surface area (Å²) in [5, 5.41) is 0.841. The first-order valence-electron chi connectivity index (χ1n) is 3.96. The Morgan fingerprint density at radius 2 is 1.71 bits per heavy atom. The van der Waals surface area contributed by atoms with Gasteiger partial charge in [0.15, 0.2) is 0 Å². The number of nitrogens with zero attached hydrogens (tertiary/aromatic N) is 1. The average molecular weight is 278 g/mol. The molecule has 0 unspecified atom stereocenters. The van der Waals surface area contributed by atoms with Gasteiger partial charge < -0.3 is 13.3 Å². The van der Waals surface area contributed by atoms with Crippen molar-refractivity contribution in [1.82, 2.24) is 4.98 Å². The van der Waals surface area contributed by atoms with E-state index in [2.05, 4.69) is 20.9 Å². The summed E-state index contributed by atoms with van der Waals surface area (Å²) in [5.74, 6) is 0. The second-order valence-corrected chi connectivity index (χ2v) is 6.27. The van der Waals surface area contributed by atoms with Crippen molar-refractivity contribution >= 4 is 29.9 Å². The lowest BCUT2D eigenvalue weighted by Crippen LogP contribution is -2.54. The molecule has 1 heterocycles. The van der Waals surface area contributed by atoms with Gasteiger partial charge in [-0.25, -0.2) is 4.98 Å². The second kappa shape index (κ2) is 4.99. The highest BCUT2D eigenvalue weighted by atomic mass is 79.9. The molecular weight excluding hydrogens is 266 g/mol. The molecule has 0 N–H and O–H groups in total. The quantitative estimate of drug-likeness (QED) is 0.607. The Morgan fingerprint density at radius 1 is 1.14 bits per heavy atom. The van der Waals surface area contributed by atoms with Crippen molar-refractivity contribution in [3.05, 3.63) is 22.9 Å². The summed E-state index contributed by atoms with van der Waals surface area (Å²) in [5.41, 5.74) is 0. The van der Waals surface area contributed by atoms with Crippen LogP contribution in [-0.4, -0.2) is 35.1 Å². The molecule has 0 saturated carbocycles. The van der Waals surface area contributed by atoms with Crippen molar-refractivity contribution < 1.29 is 13.3 Å². The largest absolute Gasteiger partial charge is 0.537 e. The summed E-state index contributed by atoms with van der Waals surface area (Å²) < 4.78 is 16.7. The maximum absolute atomic E-state index is 5.30. The maximum atomic E-state index is 5.30. The molecule has 6 heteroatoms. The standard InChI is InChI=1S/C8H12BrNO3Si/c1-11-14(12-2,13-3)7-4-5-8(9)10-6-7/h4-6H,1-3H3. The second-order valence-electron chi connectivity index (χ2n) is 2.54. The van der Waals surface area contributed by atoms with Gasteiger partial charge >= 0.3 is 8.80 Å². The molecule has 0 bridgehead atoms. The third kappa shape index (κ3) is 2.21. The third-order valence-corrected chi connectivity index (χ3v) is 4.97. The Morgan fingerprint density at radius 3 is 2.07 bits per heavy atom. The van der Waals surface area contributed by atoms with Crippen LogP contribution < -0.4 is 5.19 Å². The van der Waals surface area contributed by atoms with E-state index in [0.29, 0.717) is 0 Å². The number of hydrogen-bond acceptors (Lipinski definition) is 4. The van der Waals surface area contributed by atoms with Gasteiger partial charge in [-0.2, -0.15) is 0 Å². The van der Waals surface area contributed by atoms with E-state index in [1.54, 1.807) is 27.5 Å². The molecule has 0 aliphatic heterocycles. The monoisotopic (exact) mass is 277 g/mol. The van der Waals surface area contributed by atoms with Crippen molar-refractivity contribution in [2.45, 2.75) is 0 Å². The summed E-state index contributed by atoms with van der Waals surface area (Å²) in [6.07, 6.45) is 1.69. The van der Waals surface area contributed by atoms with Crippen LogP contribution in [0.25, 0.3) is 0 Å². The summed E-state index contributed by atoms with van der Waals surface area (Å²) in [7, 11) is 2.01. The SMILES string of the molecule is CO[Si](OC)(OC)c1ccc(Br)nc1. The number of pyridine rings is 1. The zero-order valence-corrected chi connectivity index (χ0v) is 10.9. The highest BCUT2D eigenvalue weighted by Gasteiger charge is 2.40. The van der Waals surface area contributed by atoms with Gasteiger partial charge in [-0.15, -0.1) is 0 Å². The van der Waals surface area contributed by atoms with Crippen LogP contribution in [0.2, 0.25) is 0 Å². The molecular formula is C8H12BrNO3Si. The lowest BCUT2D eigenvalue weighted by molar-refractivity contribution is 0.140. The van der Waals surface area contributed by atoms with E-state index < -0.39 is 8.80 Å². The Bertz CT molecular complexity index is 281. The third-order valence-electron chi connectivity index (χ3n) is 1.89. The molecule has 0 radical (unpaired) electrons. The van der Waals surface area contributed by atoms with Crippen LogP contribution in [0.4, 0.5) is 0 Å². The molecule has 0 amide bonds. The van der Waals surface area contributed by atoms with Gasteiger partial charge in [0.2, 0.25) is 0 Å². The van der Waals surface area contributed by atoms with E-state index in [4.69, 9.17) is 13.3 Å². The molecule has 0 fully saturated rings. The zero-order chi connectivity index (χ0) is 10.6. The minimum atomic E-state index is -2.70. The molecule has 1 aromatic rings. The van der Waals surface area contributed by atoms with Crippen molar-refractivity contribution in [2.75, 3.05) is 21.3 Å². The van der Waals surface area contributed by atoms with E-state index in [0.717, 1.165) is 9.79 Å². The fourth-order valence-electron chi connectivity index (χ4n) is 1.16. The minimum absolute atomic E-state index is 0.771. The van der Waals surface area contributed by atoms with Gasteiger partial charge in [0, 0.05) is 32.7 Å². The molecule has 0 spiro atoms. The lowest BCUT2D eigenvalue weighted by Gasteiger charge is -2.23. The highest BCUT2D eigenvalue weighted by Crippen LogP contribution is 2.08. The first-order valence-corrected chi connectivity index (χ1v) is 6.48. The van der Waals surface area contributed by atoms with E-state index in [-0.39, 0.29) is 0 Å². The van der Waals surface area contributed by atoms with Crippen LogP contribution in [0.15, 0.2) is 22.9 Å².